The molecule has 0 bridgehead atoms. The Hall–Kier alpha value is -2.86. The average Bonchev–Trinajstić information content (AvgIpc) is 3.15. The summed E-state index contributed by atoms with van der Waals surface area (Å²) >= 11 is 1.60. The van der Waals surface area contributed by atoms with Crippen LogP contribution >= 0.6 is 11.3 Å². The lowest BCUT2D eigenvalue weighted by Gasteiger charge is -2.06. The lowest BCUT2D eigenvalue weighted by molar-refractivity contribution is 0.916. The summed E-state index contributed by atoms with van der Waals surface area (Å²) in [6.45, 7) is 0.729. The Morgan fingerprint density at radius 1 is 1.04 bits per heavy atom. The van der Waals surface area contributed by atoms with Gasteiger partial charge in [0.2, 0.25) is 5.95 Å². The Morgan fingerprint density at radius 2 is 1.96 bits per heavy atom. The van der Waals surface area contributed by atoms with Crippen molar-refractivity contribution in [1.82, 2.24) is 20.2 Å². The van der Waals surface area contributed by atoms with Crippen LogP contribution < -0.4 is 5.32 Å². The fraction of sp³-hybridized carbons (Fsp3) is 0.111. The van der Waals surface area contributed by atoms with Crippen LogP contribution in [0.3, 0.4) is 0 Å². The van der Waals surface area contributed by atoms with Crippen molar-refractivity contribution in [3.63, 3.8) is 0 Å². The van der Waals surface area contributed by atoms with Crippen molar-refractivity contribution in [2.45, 2.75) is 6.42 Å². The van der Waals surface area contributed by atoms with Crippen molar-refractivity contribution in [1.29, 1.82) is 0 Å². The largest absolute Gasteiger partial charge is 0.353 e. The molecule has 24 heavy (non-hydrogen) atoms. The summed E-state index contributed by atoms with van der Waals surface area (Å²) in [5.41, 5.74) is 4.76. The Morgan fingerprint density at radius 3 is 2.83 bits per heavy atom. The molecule has 5 nitrogen and oxygen atoms in total. The number of rotatable bonds is 5. The van der Waals surface area contributed by atoms with Crippen molar-refractivity contribution < 1.29 is 0 Å². The Bertz CT molecular complexity index is 952. The molecule has 2 aromatic carbocycles. The second-order valence-electron chi connectivity index (χ2n) is 5.38. The third-order valence-electron chi connectivity index (χ3n) is 3.75. The fourth-order valence-electron chi connectivity index (χ4n) is 2.53. The number of aromatic nitrogens is 4. The van der Waals surface area contributed by atoms with Crippen LogP contribution in [0, 0.1) is 0 Å². The minimum Gasteiger partial charge on any atom is -0.353 e. The standard InChI is InChI=1S/C18H15N5S/c1-2-4-14-9-15(6-5-13(14)3-1)17-10-21-23-18(22-17)19-8-7-16-11-24-12-20-16/h1-6,9-12H,7-8H2,(H,19,22,23). The summed E-state index contributed by atoms with van der Waals surface area (Å²) < 4.78 is 0. The van der Waals surface area contributed by atoms with E-state index < -0.39 is 0 Å². The molecule has 4 rings (SSSR count). The first-order chi connectivity index (χ1) is 11.9. The second kappa shape index (κ2) is 6.72. The number of benzene rings is 2. The van der Waals surface area contributed by atoms with E-state index in [4.69, 9.17) is 0 Å². The highest BCUT2D eigenvalue weighted by Crippen LogP contribution is 2.22. The normalized spacial score (nSPS) is 10.8. The summed E-state index contributed by atoms with van der Waals surface area (Å²) in [4.78, 5) is 8.83. The van der Waals surface area contributed by atoms with Gasteiger partial charge < -0.3 is 5.32 Å². The predicted octanol–water partition coefficient (Wildman–Crippen LogP) is 3.80. The van der Waals surface area contributed by atoms with Crippen molar-refractivity contribution in [2.24, 2.45) is 0 Å². The Balaban J connectivity index is 1.52. The van der Waals surface area contributed by atoms with E-state index in [1.54, 1.807) is 17.5 Å². The van der Waals surface area contributed by atoms with Gasteiger partial charge in [-0.05, 0) is 16.8 Å². The molecule has 0 aliphatic heterocycles. The first-order valence-electron chi connectivity index (χ1n) is 7.68. The van der Waals surface area contributed by atoms with E-state index in [9.17, 15) is 0 Å². The molecule has 0 saturated heterocycles. The molecule has 0 unspecified atom stereocenters. The maximum atomic E-state index is 4.57. The molecular formula is C18H15N5S. The Labute approximate surface area is 143 Å². The van der Waals surface area contributed by atoms with Gasteiger partial charge in [0.1, 0.15) is 0 Å². The van der Waals surface area contributed by atoms with E-state index in [1.807, 2.05) is 23.0 Å². The Kier molecular flexibility index (Phi) is 4.12. The van der Waals surface area contributed by atoms with E-state index in [2.05, 4.69) is 55.8 Å². The molecule has 118 valence electrons. The van der Waals surface area contributed by atoms with Gasteiger partial charge in [-0.3, -0.25) is 0 Å². The molecule has 6 heteroatoms. The van der Waals surface area contributed by atoms with Crippen LogP contribution in [-0.2, 0) is 6.42 Å². The smallest absolute Gasteiger partial charge is 0.243 e. The SMILES string of the molecule is c1ccc2cc(-c3cnnc(NCCc4cscn4)n3)ccc2c1. The predicted molar refractivity (Wildman–Crippen MR) is 97.1 cm³/mol. The zero-order valence-electron chi connectivity index (χ0n) is 12.9. The molecule has 0 aliphatic rings. The van der Waals surface area contributed by atoms with Gasteiger partial charge >= 0.3 is 0 Å². The number of nitrogens with one attached hydrogen (secondary N) is 1. The molecular weight excluding hydrogens is 318 g/mol. The van der Waals surface area contributed by atoms with Crippen LogP contribution in [0.1, 0.15) is 5.69 Å². The molecule has 2 aromatic heterocycles. The summed E-state index contributed by atoms with van der Waals surface area (Å²) in [7, 11) is 0. The average molecular weight is 333 g/mol. The van der Waals surface area contributed by atoms with Crippen molar-refractivity contribution in [3.05, 3.63) is 65.2 Å². The first-order valence-corrected chi connectivity index (χ1v) is 8.62. The number of thiazole rings is 1. The number of nitrogens with zero attached hydrogens (tertiary/aromatic N) is 4. The molecule has 0 saturated carbocycles. The number of hydrogen-bond acceptors (Lipinski definition) is 6. The highest BCUT2D eigenvalue weighted by Gasteiger charge is 2.05. The van der Waals surface area contributed by atoms with Crippen LogP contribution in [0.4, 0.5) is 5.95 Å². The number of anilines is 1. The molecule has 1 N–H and O–H groups in total. The van der Waals surface area contributed by atoms with E-state index >= 15 is 0 Å². The summed E-state index contributed by atoms with van der Waals surface area (Å²) in [5.74, 6) is 0.538. The van der Waals surface area contributed by atoms with Crippen molar-refractivity contribution in [2.75, 3.05) is 11.9 Å². The quantitative estimate of drug-likeness (QED) is 0.602. The summed E-state index contributed by atoms with van der Waals surface area (Å²) in [6, 6.07) is 14.6. The number of fused-ring (bicyclic) bond motifs is 1. The second-order valence-corrected chi connectivity index (χ2v) is 6.10. The van der Waals surface area contributed by atoms with Gasteiger partial charge in [-0.15, -0.1) is 16.4 Å². The van der Waals surface area contributed by atoms with Crippen molar-refractivity contribution >= 4 is 28.1 Å². The van der Waals surface area contributed by atoms with Crippen LogP contribution in [0.25, 0.3) is 22.0 Å². The van der Waals surface area contributed by atoms with E-state index in [1.165, 1.54) is 10.8 Å². The van der Waals surface area contributed by atoms with E-state index in [0.29, 0.717) is 5.95 Å². The zero-order valence-corrected chi connectivity index (χ0v) is 13.7. The molecule has 0 atom stereocenters. The first kappa shape index (κ1) is 14.7. The van der Waals surface area contributed by atoms with Gasteiger partial charge in [-0.2, -0.15) is 5.10 Å². The van der Waals surface area contributed by atoms with Crippen LogP contribution in [-0.4, -0.2) is 26.7 Å². The van der Waals surface area contributed by atoms with Crippen LogP contribution in [0.15, 0.2) is 59.6 Å². The molecule has 0 fully saturated rings. The molecule has 0 aliphatic carbocycles. The lowest BCUT2D eigenvalue weighted by Crippen LogP contribution is -2.09. The monoisotopic (exact) mass is 333 g/mol. The van der Waals surface area contributed by atoms with Gasteiger partial charge in [0.15, 0.2) is 0 Å². The molecule has 0 radical (unpaired) electrons. The maximum Gasteiger partial charge on any atom is 0.243 e. The fourth-order valence-corrected chi connectivity index (χ4v) is 3.12. The van der Waals surface area contributed by atoms with Gasteiger partial charge in [0.05, 0.1) is 23.1 Å². The molecule has 0 spiro atoms. The minimum atomic E-state index is 0.538. The maximum absolute atomic E-state index is 4.57. The van der Waals surface area contributed by atoms with E-state index in [-0.39, 0.29) is 0 Å². The topological polar surface area (TPSA) is 63.6 Å². The minimum absolute atomic E-state index is 0.538. The molecule has 0 amide bonds. The van der Waals surface area contributed by atoms with Crippen LogP contribution in [0.2, 0.25) is 0 Å². The zero-order chi connectivity index (χ0) is 16.2. The summed E-state index contributed by atoms with van der Waals surface area (Å²) in [5, 5.41) is 15.8. The molecule has 4 aromatic rings. The third kappa shape index (κ3) is 3.23. The molecule has 2 heterocycles. The van der Waals surface area contributed by atoms with Crippen molar-refractivity contribution in [3.8, 4) is 11.3 Å². The summed E-state index contributed by atoms with van der Waals surface area (Å²) in [6.07, 6.45) is 2.53. The van der Waals surface area contributed by atoms with Gasteiger partial charge in [-0.1, -0.05) is 36.4 Å². The van der Waals surface area contributed by atoms with Gasteiger partial charge in [0, 0.05) is 23.9 Å². The number of hydrogen-bond donors (Lipinski definition) is 1. The highest BCUT2D eigenvalue weighted by atomic mass is 32.1. The lowest BCUT2D eigenvalue weighted by atomic mass is 10.1. The van der Waals surface area contributed by atoms with E-state index in [0.717, 1.165) is 29.9 Å². The van der Waals surface area contributed by atoms with Crippen LogP contribution in [0.5, 0.6) is 0 Å². The third-order valence-corrected chi connectivity index (χ3v) is 4.39. The van der Waals surface area contributed by atoms with Gasteiger partial charge in [0.25, 0.3) is 0 Å². The highest BCUT2D eigenvalue weighted by molar-refractivity contribution is 7.07. The van der Waals surface area contributed by atoms with Gasteiger partial charge in [-0.25, -0.2) is 9.97 Å².